The summed E-state index contributed by atoms with van der Waals surface area (Å²) < 4.78 is 18.6. The number of halogens is 1. The van der Waals surface area contributed by atoms with E-state index in [1.807, 2.05) is 32.0 Å². The van der Waals surface area contributed by atoms with Gasteiger partial charge in [0.25, 0.3) is 11.8 Å². The number of imide groups is 1. The van der Waals surface area contributed by atoms with E-state index < -0.39 is 11.8 Å². The zero-order valence-corrected chi connectivity index (χ0v) is 16.0. The number of benzene rings is 2. The van der Waals surface area contributed by atoms with Crippen LogP contribution in [-0.4, -0.2) is 16.7 Å². The van der Waals surface area contributed by atoms with Crippen molar-refractivity contribution in [3.8, 4) is 0 Å². The van der Waals surface area contributed by atoms with Crippen LogP contribution in [0.2, 0.25) is 0 Å². The first kappa shape index (κ1) is 18.7. The third kappa shape index (κ3) is 3.57. The number of anilines is 1. The molecule has 0 saturated carbocycles. The van der Waals surface area contributed by atoms with Gasteiger partial charge in [0.05, 0.1) is 18.4 Å². The van der Waals surface area contributed by atoms with E-state index >= 15 is 0 Å². The zero-order chi connectivity index (χ0) is 20.5. The minimum absolute atomic E-state index is 0.0354. The molecule has 1 aliphatic heterocycles. The molecule has 2 amide bonds. The van der Waals surface area contributed by atoms with Crippen molar-refractivity contribution in [2.45, 2.75) is 20.4 Å². The van der Waals surface area contributed by atoms with Crippen molar-refractivity contribution in [2.24, 2.45) is 0 Å². The van der Waals surface area contributed by atoms with E-state index in [1.54, 1.807) is 12.1 Å². The number of carbonyl (C=O) groups is 2. The molecule has 0 aliphatic carbocycles. The maximum atomic E-state index is 13.3. The number of carbonyl (C=O) groups excluding carboxylic acids is 2. The second-order valence-electron chi connectivity index (χ2n) is 6.98. The molecule has 2 aromatic carbocycles. The van der Waals surface area contributed by atoms with Crippen molar-refractivity contribution in [1.29, 1.82) is 0 Å². The number of hydrogen-bond acceptors (Lipinski definition) is 4. The van der Waals surface area contributed by atoms with Gasteiger partial charge >= 0.3 is 0 Å². The maximum absolute atomic E-state index is 13.3. The van der Waals surface area contributed by atoms with E-state index in [-0.39, 0.29) is 18.1 Å². The minimum atomic E-state index is -0.453. The number of amides is 2. The zero-order valence-electron chi connectivity index (χ0n) is 16.0. The first-order chi connectivity index (χ1) is 13.9. The average Bonchev–Trinajstić information content (AvgIpc) is 3.28. The summed E-state index contributed by atoms with van der Waals surface area (Å²) in [6.07, 6.45) is 1.50. The van der Waals surface area contributed by atoms with E-state index in [0.29, 0.717) is 22.6 Å². The Morgan fingerprint density at radius 1 is 1.00 bits per heavy atom. The lowest BCUT2D eigenvalue weighted by Gasteiger charge is -2.14. The summed E-state index contributed by atoms with van der Waals surface area (Å²) in [6, 6.07) is 14.8. The largest absolute Gasteiger partial charge is 0.467 e. The number of hydrogen-bond donors (Lipinski definition) is 1. The second-order valence-corrected chi connectivity index (χ2v) is 6.98. The van der Waals surface area contributed by atoms with Crippen molar-refractivity contribution < 1.29 is 18.4 Å². The highest BCUT2D eigenvalue weighted by atomic mass is 19.1. The third-order valence-corrected chi connectivity index (χ3v) is 4.83. The van der Waals surface area contributed by atoms with Crippen molar-refractivity contribution in [3.63, 3.8) is 0 Å². The average molecular weight is 390 g/mol. The molecule has 146 valence electrons. The molecule has 2 heterocycles. The van der Waals surface area contributed by atoms with E-state index in [0.717, 1.165) is 16.0 Å². The van der Waals surface area contributed by atoms with Gasteiger partial charge in [0.15, 0.2) is 0 Å². The third-order valence-electron chi connectivity index (χ3n) is 4.83. The lowest BCUT2D eigenvalue weighted by molar-refractivity contribution is -0.137. The second kappa shape index (κ2) is 7.39. The molecule has 3 aromatic rings. The van der Waals surface area contributed by atoms with Gasteiger partial charge in [-0.05, 0) is 61.4 Å². The fourth-order valence-electron chi connectivity index (χ4n) is 3.42. The smallest absolute Gasteiger partial charge is 0.278 e. The molecule has 0 fully saturated rings. The summed E-state index contributed by atoms with van der Waals surface area (Å²) in [6.45, 7) is 3.90. The molecule has 0 bridgehead atoms. The molecule has 0 unspecified atom stereocenters. The Labute approximate surface area is 167 Å². The van der Waals surface area contributed by atoms with Gasteiger partial charge in [0.1, 0.15) is 17.3 Å². The summed E-state index contributed by atoms with van der Waals surface area (Å²) >= 11 is 0. The van der Waals surface area contributed by atoms with E-state index in [9.17, 15) is 14.0 Å². The predicted octanol–water partition coefficient (Wildman–Crippen LogP) is 4.43. The van der Waals surface area contributed by atoms with Crippen molar-refractivity contribution in [3.05, 3.63) is 94.8 Å². The molecule has 6 heteroatoms. The molecule has 5 nitrogen and oxygen atoms in total. The van der Waals surface area contributed by atoms with Gasteiger partial charge in [-0.1, -0.05) is 23.8 Å². The Morgan fingerprint density at radius 2 is 1.76 bits per heavy atom. The summed E-state index contributed by atoms with van der Waals surface area (Å²) in [4.78, 5) is 27.5. The molecule has 29 heavy (non-hydrogen) atoms. The Kier molecular flexibility index (Phi) is 4.76. The van der Waals surface area contributed by atoms with Crippen LogP contribution in [0.5, 0.6) is 0 Å². The maximum Gasteiger partial charge on any atom is 0.278 e. The molecule has 0 radical (unpaired) electrons. The van der Waals surface area contributed by atoms with Crippen LogP contribution in [0.3, 0.4) is 0 Å². The standard InChI is InChI=1S/C23H19FN2O3/c1-14-5-10-19(15(2)12-14)20-21(25-17-8-6-16(24)7-9-17)23(28)26(22(20)27)13-18-4-3-11-29-18/h3-12,25H,13H2,1-2H3. The fraction of sp³-hybridized carbons (Fsp3) is 0.130. The highest BCUT2D eigenvalue weighted by Gasteiger charge is 2.40. The van der Waals surface area contributed by atoms with Gasteiger partial charge in [-0.25, -0.2) is 4.39 Å². The first-order valence-corrected chi connectivity index (χ1v) is 9.17. The van der Waals surface area contributed by atoms with Crippen molar-refractivity contribution in [2.75, 3.05) is 5.32 Å². The summed E-state index contributed by atoms with van der Waals surface area (Å²) in [5, 5.41) is 3.02. The minimum Gasteiger partial charge on any atom is -0.467 e. The van der Waals surface area contributed by atoms with Crippen LogP contribution in [0.15, 0.2) is 71.0 Å². The predicted molar refractivity (Wildman–Crippen MR) is 107 cm³/mol. The van der Waals surface area contributed by atoms with E-state index in [1.165, 1.54) is 30.5 Å². The lowest BCUT2D eigenvalue weighted by Crippen LogP contribution is -2.31. The van der Waals surface area contributed by atoms with Gasteiger partial charge in [0, 0.05) is 5.69 Å². The lowest BCUT2D eigenvalue weighted by atomic mass is 9.97. The Morgan fingerprint density at radius 3 is 2.41 bits per heavy atom. The summed E-state index contributed by atoms with van der Waals surface area (Å²) in [5.74, 6) is -0.726. The molecule has 1 aromatic heterocycles. The quantitative estimate of drug-likeness (QED) is 0.655. The summed E-state index contributed by atoms with van der Waals surface area (Å²) in [7, 11) is 0. The van der Waals surface area contributed by atoms with E-state index in [2.05, 4.69) is 5.32 Å². The normalized spacial score (nSPS) is 14.1. The van der Waals surface area contributed by atoms with Gasteiger partial charge < -0.3 is 9.73 Å². The number of aryl methyl sites for hydroxylation is 2. The van der Waals surface area contributed by atoms with Crippen LogP contribution in [-0.2, 0) is 16.1 Å². The molecule has 0 spiro atoms. The molecule has 1 N–H and O–H groups in total. The number of nitrogens with one attached hydrogen (secondary N) is 1. The topological polar surface area (TPSA) is 62.6 Å². The first-order valence-electron chi connectivity index (χ1n) is 9.17. The molecule has 0 atom stereocenters. The van der Waals surface area contributed by atoms with Gasteiger partial charge in [0.2, 0.25) is 0 Å². The molecular weight excluding hydrogens is 371 g/mol. The highest BCUT2D eigenvalue weighted by molar-refractivity contribution is 6.36. The van der Waals surface area contributed by atoms with Crippen LogP contribution in [0.1, 0.15) is 22.5 Å². The van der Waals surface area contributed by atoms with Gasteiger partial charge in [-0.3, -0.25) is 14.5 Å². The van der Waals surface area contributed by atoms with Crippen LogP contribution >= 0.6 is 0 Å². The van der Waals surface area contributed by atoms with Crippen molar-refractivity contribution in [1.82, 2.24) is 4.90 Å². The number of rotatable bonds is 5. The molecular formula is C23H19FN2O3. The Bertz CT molecular complexity index is 1120. The fourth-order valence-corrected chi connectivity index (χ4v) is 3.42. The number of nitrogens with zero attached hydrogens (tertiary/aromatic N) is 1. The molecule has 0 saturated heterocycles. The van der Waals surface area contributed by atoms with E-state index in [4.69, 9.17) is 4.42 Å². The van der Waals surface area contributed by atoms with Crippen LogP contribution in [0, 0.1) is 19.7 Å². The summed E-state index contributed by atoms with van der Waals surface area (Å²) in [5.41, 5.74) is 3.61. The van der Waals surface area contributed by atoms with Crippen LogP contribution in [0.25, 0.3) is 5.57 Å². The molecule has 4 rings (SSSR count). The Hall–Kier alpha value is -3.67. The van der Waals surface area contributed by atoms with Gasteiger partial charge in [-0.15, -0.1) is 0 Å². The molecule has 1 aliphatic rings. The van der Waals surface area contributed by atoms with Crippen LogP contribution < -0.4 is 5.32 Å². The SMILES string of the molecule is Cc1ccc(C2=C(Nc3ccc(F)cc3)C(=O)N(Cc3ccco3)C2=O)c(C)c1. The van der Waals surface area contributed by atoms with Crippen molar-refractivity contribution >= 4 is 23.1 Å². The number of furan rings is 1. The van der Waals surface area contributed by atoms with Gasteiger partial charge in [-0.2, -0.15) is 0 Å². The highest BCUT2D eigenvalue weighted by Crippen LogP contribution is 2.33. The monoisotopic (exact) mass is 390 g/mol. The Balaban J connectivity index is 1.78. The van der Waals surface area contributed by atoms with Crippen LogP contribution in [0.4, 0.5) is 10.1 Å².